The topological polar surface area (TPSA) is 35.2 Å². The van der Waals surface area contributed by atoms with Crippen LogP contribution in [0.2, 0.25) is 0 Å². The summed E-state index contributed by atoms with van der Waals surface area (Å²) in [5.41, 5.74) is 7.07. The quantitative estimate of drug-likeness (QED) is 0.777. The van der Waals surface area contributed by atoms with Gasteiger partial charge in [-0.15, -0.1) is 0 Å². The Morgan fingerprint density at radius 3 is 2.87 bits per heavy atom. The molecule has 0 fully saturated rings. The van der Waals surface area contributed by atoms with Gasteiger partial charge in [0, 0.05) is 11.6 Å². The molecule has 0 radical (unpaired) electrons. The van der Waals surface area contributed by atoms with E-state index in [0.29, 0.717) is 5.56 Å². The van der Waals surface area contributed by atoms with E-state index in [1.165, 1.54) is 6.07 Å². The van der Waals surface area contributed by atoms with E-state index in [2.05, 4.69) is 0 Å². The summed E-state index contributed by atoms with van der Waals surface area (Å²) in [6.07, 6.45) is 0. The fourth-order valence-electron chi connectivity index (χ4n) is 1.89. The van der Waals surface area contributed by atoms with Gasteiger partial charge in [-0.2, -0.15) is 8.78 Å². The minimum absolute atomic E-state index is 0.0588. The van der Waals surface area contributed by atoms with Gasteiger partial charge in [-0.1, -0.05) is 18.2 Å². The fraction of sp³-hybridized carbons (Fsp3) is 0.455. The molecule has 0 bridgehead atoms. The number of fused-ring (bicyclic) bond motifs is 1. The van der Waals surface area contributed by atoms with Crippen molar-refractivity contribution in [2.75, 3.05) is 6.61 Å². The highest BCUT2D eigenvalue weighted by atomic mass is 19.3. The summed E-state index contributed by atoms with van der Waals surface area (Å²) in [4.78, 5) is 0. The van der Waals surface area contributed by atoms with E-state index in [4.69, 9.17) is 10.5 Å². The Hall–Kier alpha value is -1.00. The van der Waals surface area contributed by atoms with Crippen LogP contribution in [0.5, 0.6) is 0 Å². The molecule has 1 unspecified atom stereocenters. The number of ether oxygens (including phenoxy) is 1. The molecule has 0 saturated carbocycles. The van der Waals surface area contributed by atoms with Crippen LogP contribution in [-0.4, -0.2) is 6.61 Å². The third kappa shape index (κ3) is 1.75. The lowest BCUT2D eigenvalue weighted by atomic mass is 9.92. The maximum absolute atomic E-state index is 13.5. The molecule has 4 heteroatoms. The van der Waals surface area contributed by atoms with Gasteiger partial charge in [-0.25, -0.2) is 0 Å². The summed E-state index contributed by atoms with van der Waals surface area (Å²) in [5, 5.41) is 0. The molecule has 1 aromatic carbocycles. The summed E-state index contributed by atoms with van der Waals surface area (Å²) in [6.45, 7) is 1.47. The second-order valence-corrected chi connectivity index (χ2v) is 3.86. The Bertz CT molecular complexity index is 377. The highest BCUT2D eigenvalue weighted by Crippen LogP contribution is 2.37. The lowest BCUT2D eigenvalue weighted by Gasteiger charge is -2.28. The van der Waals surface area contributed by atoms with Crippen molar-refractivity contribution < 1.29 is 13.5 Å². The average Bonchev–Trinajstić information content (AvgIpc) is 2.16. The molecular formula is C11H13F2NO. The average molecular weight is 213 g/mol. The van der Waals surface area contributed by atoms with Crippen molar-refractivity contribution in [3.05, 3.63) is 34.9 Å². The van der Waals surface area contributed by atoms with Crippen LogP contribution >= 0.6 is 0 Å². The van der Waals surface area contributed by atoms with Crippen molar-refractivity contribution in [1.82, 2.24) is 0 Å². The second-order valence-electron chi connectivity index (χ2n) is 3.86. The highest BCUT2D eigenvalue weighted by Gasteiger charge is 2.38. The molecule has 2 nitrogen and oxygen atoms in total. The highest BCUT2D eigenvalue weighted by molar-refractivity contribution is 5.40. The van der Waals surface area contributed by atoms with Crippen molar-refractivity contribution >= 4 is 0 Å². The van der Waals surface area contributed by atoms with Crippen LogP contribution in [0.4, 0.5) is 8.78 Å². The molecule has 0 spiro atoms. The van der Waals surface area contributed by atoms with Gasteiger partial charge in [0.2, 0.25) is 0 Å². The Balaban J connectivity index is 2.56. The van der Waals surface area contributed by atoms with Crippen LogP contribution in [0.3, 0.4) is 0 Å². The van der Waals surface area contributed by atoms with E-state index >= 15 is 0 Å². The van der Waals surface area contributed by atoms with Crippen molar-refractivity contribution in [1.29, 1.82) is 0 Å². The number of hydrogen-bond donors (Lipinski definition) is 1. The Morgan fingerprint density at radius 2 is 2.20 bits per heavy atom. The number of hydrogen-bond acceptors (Lipinski definition) is 2. The van der Waals surface area contributed by atoms with Crippen LogP contribution in [-0.2, 0) is 17.3 Å². The molecule has 2 N–H and O–H groups in total. The number of nitrogens with two attached hydrogens (primary N) is 1. The van der Waals surface area contributed by atoms with Gasteiger partial charge >= 0.3 is 0 Å². The zero-order chi connectivity index (χ0) is 11.1. The summed E-state index contributed by atoms with van der Waals surface area (Å²) in [6, 6.07) is 4.59. The molecular weight excluding hydrogens is 200 g/mol. The van der Waals surface area contributed by atoms with Crippen LogP contribution in [0.15, 0.2) is 18.2 Å². The van der Waals surface area contributed by atoms with Gasteiger partial charge in [0.1, 0.15) is 6.61 Å². The first-order chi connectivity index (χ1) is 7.02. The van der Waals surface area contributed by atoms with Crippen molar-refractivity contribution in [3.63, 3.8) is 0 Å². The third-order valence-electron chi connectivity index (χ3n) is 2.63. The number of rotatable bonds is 1. The van der Waals surface area contributed by atoms with Crippen LogP contribution < -0.4 is 5.73 Å². The summed E-state index contributed by atoms with van der Waals surface area (Å²) >= 11 is 0. The summed E-state index contributed by atoms with van der Waals surface area (Å²) in [5.74, 6) is -2.89. The maximum Gasteiger partial charge on any atom is 0.296 e. The first-order valence-corrected chi connectivity index (χ1v) is 4.86. The Morgan fingerprint density at radius 1 is 1.47 bits per heavy atom. The van der Waals surface area contributed by atoms with E-state index in [1.54, 1.807) is 19.1 Å². The van der Waals surface area contributed by atoms with Crippen LogP contribution in [0.25, 0.3) is 0 Å². The van der Waals surface area contributed by atoms with Gasteiger partial charge in [0.05, 0.1) is 6.61 Å². The molecule has 1 aromatic rings. The standard InChI is InChI=1S/C11H13F2NO/c1-7(14)8-3-2-4-10-9(8)5-15-6-11(10,12)13/h2-4,7H,5-6,14H2,1H3. The van der Waals surface area contributed by atoms with Gasteiger partial charge < -0.3 is 10.5 Å². The monoisotopic (exact) mass is 213 g/mol. The Kier molecular flexibility index (Phi) is 2.48. The predicted octanol–water partition coefficient (Wildman–Crippen LogP) is 2.33. The zero-order valence-corrected chi connectivity index (χ0v) is 8.47. The van der Waals surface area contributed by atoms with Crippen molar-refractivity contribution in [2.24, 2.45) is 5.73 Å². The van der Waals surface area contributed by atoms with E-state index in [-0.39, 0.29) is 18.2 Å². The molecule has 1 heterocycles. The van der Waals surface area contributed by atoms with E-state index in [9.17, 15) is 8.78 Å². The lowest BCUT2D eigenvalue weighted by molar-refractivity contribution is -0.103. The third-order valence-corrected chi connectivity index (χ3v) is 2.63. The molecule has 0 aromatic heterocycles. The van der Waals surface area contributed by atoms with E-state index in [1.807, 2.05) is 0 Å². The Labute approximate surface area is 87.0 Å². The van der Waals surface area contributed by atoms with Gasteiger partial charge in [0.15, 0.2) is 0 Å². The number of alkyl halides is 2. The molecule has 2 rings (SSSR count). The first-order valence-electron chi connectivity index (χ1n) is 4.86. The molecule has 0 saturated heterocycles. The van der Waals surface area contributed by atoms with Gasteiger partial charge in [-0.05, 0) is 18.1 Å². The fourth-order valence-corrected chi connectivity index (χ4v) is 1.89. The maximum atomic E-state index is 13.5. The number of benzene rings is 1. The second kappa shape index (κ2) is 3.54. The normalized spacial score (nSPS) is 20.8. The van der Waals surface area contributed by atoms with Gasteiger partial charge in [0.25, 0.3) is 5.92 Å². The minimum atomic E-state index is -2.89. The smallest absolute Gasteiger partial charge is 0.296 e. The molecule has 1 aliphatic rings. The minimum Gasteiger partial charge on any atom is -0.370 e. The van der Waals surface area contributed by atoms with Crippen LogP contribution in [0, 0.1) is 0 Å². The number of halogens is 2. The van der Waals surface area contributed by atoms with Crippen molar-refractivity contribution in [2.45, 2.75) is 25.5 Å². The molecule has 0 aliphatic carbocycles. The molecule has 82 valence electrons. The molecule has 1 atom stereocenters. The largest absolute Gasteiger partial charge is 0.370 e. The summed E-state index contributed by atoms with van der Waals surface area (Å²) in [7, 11) is 0. The van der Waals surface area contributed by atoms with Gasteiger partial charge in [-0.3, -0.25) is 0 Å². The zero-order valence-electron chi connectivity index (χ0n) is 8.47. The van der Waals surface area contributed by atoms with Crippen molar-refractivity contribution in [3.8, 4) is 0 Å². The molecule has 15 heavy (non-hydrogen) atoms. The van der Waals surface area contributed by atoms with Crippen LogP contribution in [0.1, 0.15) is 29.7 Å². The summed E-state index contributed by atoms with van der Waals surface area (Å²) < 4.78 is 31.8. The SMILES string of the molecule is CC(N)c1cccc2c1COCC2(F)F. The van der Waals surface area contributed by atoms with E-state index < -0.39 is 12.5 Å². The van der Waals surface area contributed by atoms with E-state index in [0.717, 1.165) is 5.56 Å². The lowest BCUT2D eigenvalue weighted by Crippen LogP contribution is -2.29. The predicted molar refractivity (Wildman–Crippen MR) is 52.6 cm³/mol. The molecule has 0 amide bonds. The molecule has 1 aliphatic heterocycles. The first kappa shape index (κ1) is 10.5.